The van der Waals surface area contributed by atoms with Crippen LogP contribution in [0.3, 0.4) is 0 Å². The van der Waals surface area contributed by atoms with Crippen molar-refractivity contribution in [2.45, 2.75) is 84.0 Å². The number of benzene rings is 1. The van der Waals surface area contributed by atoms with E-state index < -0.39 is 0 Å². The van der Waals surface area contributed by atoms with Gasteiger partial charge in [0.2, 0.25) is 0 Å². The van der Waals surface area contributed by atoms with Gasteiger partial charge in [0.05, 0.1) is 17.2 Å². The van der Waals surface area contributed by atoms with Gasteiger partial charge in [-0.05, 0) is 86.8 Å². The summed E-state index contributed by atoms with van der Waals surface area (Å²) < 4.78 is 0. The normalized spacial score (nSPS) is 21.9. The molecule has 1 aliphatic carbocycles. The summed E-state index contributed by atoms with van der Waals surface area (Å²) in [6, 6.07) is 16.0. The summed E-state index contributed by atoms with van der Waals surface area (Å²) in [5.41, 5.74) is 4.84. The molecule has 0 bridgehead atoms. The second-order valence-electron chi connectivity index (χ2n) is 9.57. The maximum Gasteiger partial charge on any atom is 0.0702 e. The Bertz CT molecular complexity index is 849. The maximum absolute atomic E-state index is 9.86. The fourth-order valence-electron chi connectivity index (χ4n) is 4.77. The average Bonchev–Trinajstić information content (AvgIpc) is 2.83. The molecule has 1 heterocycles. The summed E-state index contributed by atoms with van der Waals surface area (Å²) in [5, 5.41) is 9.86. The van der Waals surface area contributed by atoms with E-state index in [4.69, 9.17) is 0 Å². The van der Waals surface area contributed by atoms with Crippen LogP contribution in [0.1, 0.15) is 88.7 Å². The van der Waals surface area contributed by atoms with Crippen LogP contribution in [0.25, 0.3) is 11.3 Å². The number of pyridine rings is 1. The van der Waals surface area contributed by atoms with Gasteiger partial charge in [0, 0.05) is 11.8 Å². The van der Waals surface area contributed by atoms with Gasteiger partial charge in [-0.1, -0.05) is 56.7 Å². The van der Waals surface area contributed by atoms with Gasteiger partial charge in [0.25, 0.3) is 0 Å². The first kappa shape index (κ1) is 23.3. The van der Waals surface area contributed by atoms with E-state index in [2.05, 4.69) is 67.9 Å². The van der Waals surface area contributed by atoms with Crippen LogP contribution >= 0.6 is 0 Å². The number of hydrogen-bond donors (Lipinski definition) is 0. The molecule has 2 aromatic rings. The second-order valence-corrected chi connectivity index (χ2v) is 9.57. The van der Waals surface area contributed by atoms with Crippen molar-refractivity contribution in [2.24, 2.45) is 11.3 Å². The molecule has 0 aliphatic heterocycles. The topological polar surface area (TPSA) is 36.7 Å². The van der Waals surface area contributed by atoms with E-state index in [0.717, 1.165) is 63.0 Å². The third kappa shape index (κ3) is 6.30. The van der Waals surface area contributed by atoms with E-state index in [0.29, 0.717) is 5.92 Å². The lowest BCUT2D eigenvalue weighted by Gasteiger charge is -2.36. The minimum absolute atomic E-state index is 0.0861. The van der Waals surface area contributed by atoms with E-state index in [1.165, 1.54) is 29.5 Å². The highest BCUT2D eigenvalue weighted by Crippen LogP contribution is 2.46. The van der Waals surface area contributed by atoms with Crippen molar-refractivity contribution in [3.05, 3.63) is 66.4 Å². The lowest BCUT2D eigenvalue weighted by atomic mass is 9.67. The molecule has 3 rings (SSSR count). The first-order valence-corrected chi connectivity index (χ1v) is 12.2. The number of allylic oxidation sites excluding steroid dienone is 1. The van der Waals surface area contributed by atoms with E-state index in [1.807, 2.05) is 12.3 Å². The van der Waals surface area contributed by atoms with Crippen molar-refractivity contribution in [3.8, 4) is 17.3 Å². The molecule has 1 aromatic carbocycles. The molecule has 0 spiro atoms. The zero-order chi connectivity index (χ0) is 22.1. The molecule has 2 nitrogen and oxygen atoms in total. The van der Waals surface area contributed by atoms with E-state index in [1.54, 1.807) is 0 Å². The molecule has 0 N–H and O–H groups in total. The lowest BCUT2D eigenvalue weighted by Crippen LogP contribution is -2.26. The Morgan fingerprint density at radius 1 is 1.19 bits per heavy atom. The Kier molecular flexibility index (Phi) is 8.47. The van der Waals surface area contributed by atoms with Crippen LogP contribution in [0.2, 0.25) is 0 Å². The molecule has 2 heteroatoms. The lowest BCUT2D eigenvalue weighted by molar-refractivity contribution is 0.213. The predicted molar refractivity (Wildman–Crippen MR) is 131 cm³/mol. The maximum atomic E-state index is 9.86. The highest BCUT2D eigenvalue weighted by Gasteiger charge is 2.35. The summed E-state index contributed by atoms with van der Waals surface area (Å²) in [5.74, 6) is 1.31. The Morgan fingerprint density at radius 2 is 1.94 bits per heavy atom. The zero-order valence-electron chi connectivity index (χ0n) is 19.4. The molecule has 0 radical (unpaired) electrons. The second kappa shape index (κ2) is 11.3. The summed E-state index contributed by atoms with van der Waals surface area (Å²) >= 11 is 0. The van der Waals surface area contributed by atoms with Crippen molar-refractivity contribution in [2.75, 3.05) is 0 Å². The minimum Gasteiger partial charge on any atom is -0.256 e. The highest BCUT2D eigenvalue weighted by atomic mass is 14.7. The third-order valence-corrected chi connectivity index (χ3v) is 7.37. The first-order valence-electron chi connectivity index (χ1n) is 12.2. The van der Waals surface area contributed by atoms with Crippen molar-refractivity contribution < 1.29 is 0 Å². The SMILES string of the molecule is C=CCCCc1ccc(-c2ccc(C3CCC(C#N)(CCC(C)CC)CC3)cc2)nc1. The van der Waals surface area contributed by atoms with E-state index >= 15 is 0 Å². The van der Waals surface area contributed by atoms with Gasteiger partial charge in [0.1, 0.15) is 0 Å². The molecular formula is C29H38N2. The number of aryl methyl sites for hydroxylation is 1. The standard InChI is InChI=1S/C29H38N2/c1-4-6-7-8-24-9-14-28(31-21-24)27-12-10-25(11-13-27)26-16-19-29(22-30,20-17-26)18-15-23(3)5-2/h4,9-14,21,23,26H,1,5-8,15-20H2,2-3H3. The number of unbranched alkanes of at least 4 members (excludes halogenated alkanes) is 1. The van der Waals surface area contributed by atoms with Gasteiger partial charge in [-0.15, -0.1) is 6.58 Å². The molecule has 1 unspecified atom stereocenters. The molecule has 1 atom stereocenters. The van der Waals surface area contributed by atoms with Crippen LogP contribution in [-0.2, 0) is 6.42 Å². The van der Waals surface area contributed by atoms with Gasteiger partial charge < -0.3 is 0 Å². The van der Waals surface area contributed by atoms with Crippen LogP contribution < -0.4 is 0 Å². The Hall–Kier alpha value is -2.40. The van der Waals surface area contributed by atoms with E-state index in [9.17, 15) is 5.26 Å². The van der Waals surface area contributed by atoms with Crippen molar-refractivity contribution in [1.29, 1.82) is 5.26 Å². The molecule has 0 saturated heterocycles. The Labute approximate surface area is 189 Å². The molecular weight excluding hydrogens is 376 g/mol. The number of nitrogens with zero attached hydrogens (tertiary/aromatic N) is 2. The van der Waals surface area contributed by atoms with Gasteiger partial charge >= 0.3 is 0 Å². The summed E-state index contributed by atoms with van der Waals surface area (Å²) in [7, 11) is 0. The smallest absolute Gasteiger partial charge is 0.0702 e. The van der Waals surface area contributed by atoms with Gasteiger partial charge in [-0.25, -0.2) is 0 Å². The van der Waals surface area contributed by atoms with Crippen LogP contribution in [-0.4, -0.2) is 4.98 Å². The molecule has 1 fully saturated rings. The minimum atomic E-state index is -0.0861. The highest BCUT2D eigenvalue weighted by molar-refractivity contribution is 5.59. The largest absolute Gasteiger partial charge is 0.256 e. The number of hydrogen-bond acceptors (Lipinski definition) is 2. The molecule has 1 saturated carbocycles. The Balaban J connectivity index is 1.57. The summed E-state index contributed by atoms with van der Waals surface area (Å²) in [6.45, 7) is 8.34. The van der Waals surface area contributed by atoms with Crippen molar-refractivity contribution >= 4 is 0 Å². The molecule has 0 amide bonds. The molecule has 1 aromatic heterocycles. The van der Waals surface area contributed by atoms with Gasteiger partial charge in [-0.2, -0.15) is 5.26 Å². The molecule has 164 valence electrons. The van der Waals surface area contributed by atoms with Crippen LogP contribution in [0, 0.1) is 22.7 Å². The summed E-state index contributed by atoms with van der Waals surface area (Å²) in [4.78, 5) is 4.68. The van der Waals surface area contributed by atoms with Gasteiger partial charge in [0.15, 0.2) is 0 Å². The van der Waals surface area contributed by atoms with E-state index in [-0.39, 0.29) is 5.41 Å². The zero-order valence-corrected chi connectivity index (χ0v) is 19.4. The first-order chi connectivity index (χ1) is 15.1. The fourth-order valence-corrected chi connectivity index (χ4v) is 4.77. The number of aromatic nitrogens is 1. The quantitative estimate of drug-likeness (QED) is 0.290. The molecule has 1 aliphatic rings. The van der Waals surface area contributed by atoms with Crippen molar-refractivity contribution in [1.82, 2.24) is 4.98 Å². The molecule has 31 heavy (non-hydrogen) atoms. The predicted octanol–water partition coefficient (Wildman–Crippen LogP) is 8.25. The monoisotopic (exact) mass is 414 g/mol. The Morgan fingerprint density at radius 3 is 2.52 bits per heavy atom. The van der Waals surface area contributed by atoms with Gasteiger partial charge in [-0.3, -0.25) is 4.98 Å². The van der Waals surface area contributed by atoms with Crippen LogP contribution in [0.5, 0.6) is 0 Å². The van der Waals surface area contributed by atoms with Crippen molar-refractivity contribution in [3.63, 3.8) is 0 Å². The summed E-state index contributed by atoms with van der Waals surface area (Å²) in [6.07, 6.45) is 15.0. The average molecular weight is 415 g/mol. The van der Waals surface area contributed by atoms with Crippen LogP contribution in [0.15, 0.2) is 55.3 Å². The third-order valence-electron chi connectivity index (χ3n) is 7.37. The number of rotatable bonds is 10. The van der Waals surface area contributed by atoms with Crippen LogP contribution in [0.4, 0.5) is 0 Å². The fraction of sp³-hybridized carbons (Fsp3) is 0.517. The number of nitriles is 1.